The highest BCUT2D eigenvalue weighted by molar-refractivity contribution is 6.35. The molecule has 0 atom stereocenters. The van der Waals surface area contributed by atoms with Crippen molar-refractivity contribution < 1.29 is 10.0 Å². The average molecular weight is 235 g/mol. The zero-order valence-electron chi connectivity index (χ0n) is 7.29. The average Bonchev–Trinajstić information content (AvgIpc) is 2.19. The molecule has 2 N–H and O–H groups in total. The van der Waals surface area contributed by atoms with Gasteiger partial charge in [-0.15, -0.1) is 0 Å². The van der Waals surface area contributed by atoms with Gasteiger partial charge in [0.25, 0.3) is 0 Å². The van der Waals surface area contributed by atoms with Crippen molar-refractivity contribution in [2.75, 3.05) is 12.1 Å². The van der Waals surface area contributed by atoms with E-state index in [1.54, 1.807) is 6.07 Å². The monoisotopic (exact) mass is 234 g/mol. The molecule has 0 aromatic heterocycles. The zero-order chi connectivity index (χ0) is 10.7. The number of carbonyl (C=O) groups is 1. The fourth-order valence-electron chi connectivity index (χ4n) is 0.863. The Hall–Kier alpha value is -0.970. The maximum atomic E-state index is 11.0. The lowest BCUT2D eigenvalue weighted by molar-refractivity contribution is 0.206. The van der Waals surface area contributed by atoms with Gasteiger partial charge in [0.2, 0.25) is 0 Å². The summed E-state index contributed by atoms with van der Waals surface area (Å²) in [4.78, 5) is 11.0. The van der Waals surface area contributed by atoms with Gasteiger partial charge in [0, 0.05) is 12.1 Å². The van der Waals surface area contributed by atoms with Crippen molar-refractivity contribution in [2.24, 2.45) is 0 Å². The van der Waals surface area contributed by atoms with E-state index in [1.165, 1.54) is 19.2 Å². The predicted octanol–water partition coefficient (Wildman–Crippen LogP) is 2.53. The Bertz CT molecular complexity index is 357. The molecule has 0 saturated heterocycles. The van der Waals surface area contributed by atoms with E-state index in [-0.39, 0.29) is 10.7 Å². The van der Waals surface area contributed by atoms with Gasteiger partial charge < -0.3 is 5.32 Å². The molecule has 0 bridgehead atoms. The maximum absolute atomic E-state index is 11.0. The lowest BCUT2D eigenvalue weighted by atomic mass is 10.3. The SMILES string of the molecule is CNC(=O)N(O)c1cc(Cl)ccc1Cl. The normalized spacial score (nSPS) is 9.71. The van der Waals surface area contributed by atoms with E-state index < -0.39 is 6.03 Å². The van der Waals surface area contributed by atoms with E-state index in [0.717, 1.165) is 0 Å². The van der Waals surface area contributed by atoms with Crippen molar-refractivity contribution in [3.8, 4) is 0 Å². The standard InChI is InChI=1S/C8H8Cl2N2O2/c1-11-8(13)12(14)7-4-5(9)2-3-6(7)10/h2-4,14H,1H3,(H,11,13). The third-order valence-corrected chi connectivity index (χ3v) is 2.10. The number of hydroxylamine groups is 1. The molecule has 1 aromatic rings. The first-order valence-corrected chi connectivity index (χ1v) is 4.47. The number of hydrogen-bond acceptors (Lipinski definition) is 2. The highest BCUT2D eigenvalue weighted by Crippen LogP contribution is 2.27. The second kappa shape index (κ2) is 4.50. The van der Waals surface area contributed by atoms with Gasteiger partial charge in [-0.1, -0.05) is 23.2 Å². The van der Waals surface area contributed by atoms with E-state index in [1.807, 2.05) is 0 Å². The maximum Gasteiger partial charge on any atom is 0.345 e. The molecular weight excluding hydrogens is 227 g/mol. The minimum absolute atomic E-state index is 0.138. The van der Waals surface area contributed by atoms with Crippen molar-refractivity contribution in [3.63, 3.8) is 0 Å². The number of carbonyl (C=O) groups excluding carboxylic acids is 1. The Balaban J connectivity index is 3.05. The van der Waals surface area contributed by atoms with Crippen molar-refractivity contribution in [1.82, 2.24) is 5.32 Å². The van der Waals surface area contributed by atoms with Crippen LogP contribution in [0.1, 0.15) is 0 Å². The summed E-state index contributed by atoms with van der Waals surface area (Å²) >= 11 is 11.4. The van der Waals surface area contributed by atoms with Gasteiger partial charge in [0.1, 0.15) is 0 Å². The summed E-state index contributed by atoms with van der Waals surface area (Å²) in [5.74, 6) is 0. The van der Waals surface area contributed by atoms with E-state index in [2.05, 4.69) is 5.32 Å². The van der Waals surface area contributed by atoms with Gasteiger partial charge in [-0.25, -0.2) is 4.79 Å². The number of hydrogen-bond donors (Lipinski definition) is 2. The summed E-state index contributed by atoms with van der Waals surface area (Å²) in [6.07, 6.45) is 0. The molecule has 6 heteroatoms. The van der Waals surface area contributed by atoms with Crippen LogP contribution in [0.5, 0.6) is 0 Å². The molecule has 1 rings (SSSR count). The van der Waals surface area contributed by atoms with E-state index in [4.69, 9.17) is 23.2 Å². The van der Waals surface area contributed by atoms with Crippen LogP contribution in [0.3, 0.4) is 0 Å². The molecule has 0 heterocycles. The molecule has 0 spiro atoms. The molecule has 0 aliphatic carbocycles. The van der Waals surface area contributed by atoms with Crippen LogP contribution in [-0.4, -0.2) is 18.3 Å². The lowest BCUT2D eigenvalue weighted by Crippen LogP contribution is -2.35. The third kappa shape index (κ3) is 2.29. The van der Waals surface area contributed by atoms with Crippen LogP contribution in [0.15, 0.2) is 18.2 Å². The van der Waals surface area contributed by atoms with Crippen molar-refractivity contribution >= 4 is 34.9 Å². The summed E-state index contributed by atoms with van der Waals surface area (Å²) in [6, 6.07) is 3.75. The lowest BCUT2D eigenvalue weighted by Gasteiger charge is -2.15. The first-order chi connectivity index (χ1) is 6.56. The molecular formula is C8H8Cl2N2O2. The number of nitrogens with zero attached hydrogens (tertiary/aromatic N) is 1. The molecule has 0 fully saturated rings. The number of rotatable bonds is 1. The Kier molecular flexibility index (Phi) is 3.57. The van der Waals surface area contributed by atoms with Crippen LogP contribution < -0.4 is 10.4 Å². The Morgan fingerprint density at radius 1 is 1.50 bits per heavy atom. The molecule has 0 saturated carbocycles. The summed E-state index contributed by atoms with van der Waals surface area (Å²) in [6.45, 7) is 0. The number of nitrogens with one attached hydrogen (secondary N) is 1. The van der Waals surface area contributed by atoms with Crippen molar-refractivity contribution in [2.45, 2.75) is 0 Å². The second-order valence-electron chi connectivity index (χ2n) is 2.46. The Morgan fingerprint density at radius 3 is 2.71 bits per heavy atom. The van der Waals surface area contributed by atoms with Crippen LogP contribution in [0.2, 0.25) is 10.0 Å². The Morgan fingerprint density at radius 2 is 2.14 bits per heavy atom. The molecule has 4 nitrogen and oxygen atoms in total. The largest absolute Gasteiger partial charge is 0.345 e. The highest BCUT2D eigenvalue weighted by Gasteiger charge is 2.14. The summed E-state index contributed by atoms with van der Waals surface area (Å²) < 4.78 is 0. The number of benzene rings is 1. The van der Waals surface area contributed by atoms with Gasteiger partial charge in [-0.05, 0) is 18.2 Å². The number of amides is 2. The molecule has 0 radical (unpaired) electrons. The highest BCUT2D eigenvalue weighted by atomic mass is 35.5. The zero-order valence-corrected chi connectivity index (χ0v) is 8.80. The van der Waals surface area contributed by atoms with Crippen molar-refractivity contribution in [3.05, 3.63) is 28.2 Å². The molecule has 0 unspecified atom stereocenters. The minimum atomic E-state index is -0.686. The predicted molar refractivity (Wildman–Crippen MR) is 55.2 cm³/mol. The summed E-state index contributed by atoms with van der Waals surface area (Å²) in [5, 5.41) is 12.6. The first-order valence-electron chi connectivity index (χ1n) is 3.72. The molecule has 0 aliphatic rings. The minimum Gasteiger partial charge on any atom is -0.339 e. The van der Waals surface area contributed by atoms with E-state index in [0.29, 0.717) is 10.1 Å². The topological polar surface area (TPSA) is 52.6 Å². The third-order valence-electron chi connectivity index (χ3n) is 1.54. The second-order valence-corrected chi connectivity index (χ2v) is 3.31. The molecule has 76 valence electrons. The van der Waals surface area contributed by atoms with Gasteiger partial charge >= 0.3 is 6.03 Å². The number of halogens is 2. The fraction of sp³-hybridized carbons (Fsp3) is 0.125. The van der Waals surface area contributed by atoms with Gasteiger partial charge in [0.15, 0.2) is 0 Å². The van der Waals surface area contributed by atoms with E-state index in [9.17, 15) is 10.0 Å². The van der Waals surface area contributed by atoms with Crippen LogP contribution in [0.25, 0.3) is 0 Å². The van der Waals surface area contributed by atoms with E-state index >= 15 is 0 Å². The number of anilines is 1. The summed E-state index contributed by atoms with van der Waals surface area (Å²) in [5.41, 5.74) is 0.138. The van der Waals surface area contributed by atoms with Crippen molar-refractivity contribution in [1.29, 1.82) is 0 Å². The Labute approximate surface area is 91.0 Å². The van der Waals surface area contributed by atoms with Gasteiger partial charge in [0.05, 0.1) is 10.7 Å². The molecule has 0 aliphatic heterocycles. The first kappa shape index (κ1) is 11.1. The van der Waals surface area contributed by atoms with Crippen LogP contribution in [0, 0.1) is 0 Å². The number of urea groups is 1. The van der Waals surface area contributed by atoms with Crippen LogP contribution >= 0.6 is 23.2 Å². The molecule has 2 amide bonds. The molecule has 1 aromatic carbocycles. The van der Waals surface area contributed by atoms with Crippen LogP contribution in [-0.2, 0) is 0 Å². The van der Waals surface area contributed by atoms with Gasteiger partial charge in [-0.2, -0.15) is 5.06 Å². The molecule has 14 heavy (non-hydrogen) atoms. The summed E-state index contributed by atoms with van der Waals surface area (Å²) in [7, 11) is 1.39. The quantitative estimate of drug-likeness (QED) is 0.580. The van der Waals surface area contributed by atoms with Gasteiger partial charge in [-0.3, -0.25) is 5.21 Å². The fourth-order valence-corrected chi connectivity index (χ4v) is 1.23. The smallest absolute Gasteiger partial charge is 0.339 e. The van der Waals surface area contributed by atoms with Crippen LogP contribution in [0.4, 0.5) is 10.5 Å².